The van der Waals surface area contributed by atoms with Gasteiger partial charge < -0.3 is 10.2 Å². The lowest BCUT2D eigenvalue weighted by Crippen LogP contribution is -2.47. The van der Waals surface area contributed by atoms with Gasteiger partial charge in [-0.05, 0) is 12.3 Å². The lowest BCUT2D eigenvalue weighted by atomic mass is 10.2. The van der Waals surface area contributed by atoms with Crippen LogP contribution in [0, 0.1) is 5.92 Å². The molecular formula is C8H18N2O5S. The second kappa shape index (κ2) is 6.79. The maximum absolute atomic E-state index is 11.4. The van der Waals surface area contributed by atoms with Crippen LogP contribution in [0.3, 0.4) is 0 Å². The zero-order valence-corrected chi connectivity index (χ0v) is 10.1. The Kier molecular flexibility index (Phi) is 6.49. The number of nitrogens with one attached hydrogen (secondary N) is 2. The van der Waals surface area contributed by atoms with Crippen molar-refractivity contribution in [1.29, 1.82) is 0 Å². The van der Waals surface area contributed by atoms with Gasteiger partial charge in [0.25, 0.3) is 10.2 Å². The fraction of sp³-hybridized carbons (Fsp3) is 0.875. The van der Waals surface area contributed by atoms with E-state index in [1.165, 1.54) is 0 Å². The fourth-order valence-corrected chi connectivity index (χ4v) is 2.10. The molecule has 0 heterocycles. The third-order valence-corrected chi connectivity index (χ3v) is 2.84. The predicted molar refractivity (Wildman–Crippen MR) is 58.0 cm³/mol. The van der Waals surface area contributed by atoms with E-state index >= 15 is 0 Å². The molecule has 0 aromatic heterocycles. The van der Waals surface area contributed by atoms with Crippen LogP contribution < -0.4 is 9.44 Å². The second-order valence-electron chi connectivity index (χ2n) is 3.77. The predicted octanol–water partition coefficient (Wildman–Crippen LogP) is -1.10. The maximum Gasteiger partial charge on any atom is 0.321 e. The van der Waals surface area contributed by atoms with Gasteiger partial charge in [-0.3, -0.25) is 4.79 Å². The smallest absolute Gasteiger partial charge is 0.321 e. The van der Waals surface area contributed by atoms with Crippen LogP contribution in [0.2, 0.25) is 0 Å². The summed E-state index contributed by atoms with van der Waals surface area (Å²) in [7, 11) is -3.84. The zero-order valence-electron chi connectivity index (χ0n) is 9.30. The van der Waals surface area contributed by atoms with E-state index < -0.39 is 28.8 Å². The molecule has 7 nitrogen and oxygen atoms in total. The van der Waals surface area contributed by atoms with Crippen LogP contribution >= 0.6 is 0 Å². The molecule has 8 heteroatoms. The fourth-order valence-electron chi connectivity index (χ4n) is 0.867. The van der Waals surface area contributed by atoms with Crippen molar-refractivity contribution in [2.45, 2.75) is 26.3 Å². The van der Waals surface area contributed by atoms with Crippen molar-refractivity contribution < 1.29 is 23.4 Å². The summed E-state index contributed by atoms with van der Waals surface area (Å²) in [6.07, 6.45) is -0.169. The maximum atomic E-state index is 11.4. The summed E-state index contributed by atoms with van der Waals surface area (Å²) < 4.78 is 26.9. The molecule has 0 unspecified atom stereocenters. The Balaban J connectivity index is 4.36. The van der Waals surface area contributed by atoms with Crippen molar-refractivity contribution in [2.75, 3.05) is 13.2 Å². The van der Waals surface area contributed by atoms with Crippen molar-refractivity contribution in [3.63, 3.8) is 0 Å². The number of aliphatic hydroxyl groups excluding tert-OH is 1. The van der Waals surface area contributed by atoms with E-state index in [0.29, 0.717) is 0 Å². The highest BCUT2D eigenvalue weighted by atomic mass is 32.2. The van der Waals surface area contributed by atoms with Gasteiger partial charge in [0.05, 0.1) is 0 Å². The second-order valence-corrected chi connectivity index (χ2v) is 5.30. The molecule has 0 aromatic carbocycles. The highest BCUT2D eigenvalue weighted by Gasteiger charge is 2.23. The van der Waals surface area contributed by atoms with E-state index in [1.807, 2.05) is 18.6 Å². The number of carboxylic acid groups (broad SMARTS) is 1. The Bertz CT molecular complexity index is 314. The van der Waals surface area contributed by atoms with Gasteiger partial charge >= 0.3 is 5.97 Å². The first-order valence-electron chi connectivity index (χ1n) is 4.89. The molecule has 0 amide bonds. The number of carbonyl (C=O) groups is 1. The molecule has 0 aliphatic carbocycles. The Morgan fingerprint density at radius 3 is 2.31 bits per heavy atom. The average Bonchev–Trinajstić information content (AvgIpc) is 2.14. The summed E-state index contributed by atoms with van der Waals surface area (Å²) in [5.41, 5.74) is 0. The van der Waals surface area contributed by atoms with Gasteiger partial charge in [0, 0.05) is 13.2 Å². The molecule has 0 saturated heterocycles. The number of aliphatic hydroxyl groups is 1. The minimum absolute atomic E-state index is 0.123. The molecule has 0 fully saturated rings. The van der Waals surface area contributed by atoms with Crippen molar-refractivity contribution in [3.8, 4) is 0 Å². The van der Waals surface area contributed by atoms with Crippen LogP contribution in [0.1, 0.15) is 20.3 Å². The van der Waals surface area contributed by atoms with Gasteiger partial charge in [0.2, 0.25) is 0 Å². The molecule has 1 atom stereocenters. The van der Waals surface area contributed by atoms with Gasteiger partial charge in [-0.1, -0.05) is 13.8 Å². The third kappa shape index (κ3) is 6.72. The molecule has 16 heavy (non-hydrogen) atoms. The van der Waals surface area contributed by atoms with E-state index in [9.17, 15) is 13.2 Å². The largest absolute Gasteiger partial charge is 0.480 e. The van der Waals surface area contributed by atoms with Crippen LogP contribution in [0.15, 0.2) is 0 Å². The summed E-state index contributed by atoms with van der Waals surface area (Å²) in [5, 5.41) is 17.3. The van der Waals surface area contributed by atoms with E-state index in [2.05, 4.69) is 4.72 Å². The van der Waals surface area contributed by atoms with Crippen LogP contribution in [-0.4, -0.2) is 43.8 Å². The quantitative estimate of drug-likeness (QED) is 0.439. The SMILES string of the molecule is CC(C)CNS(=O)(=O)N[C@H](CCO)C(=O)O. The van der Waals surface area contributed by atoms with Crippen LogP contribution in [0.25, 0.3) is 0 Å². The standard InChI is InChI=1S/C8H18N2O5S/c1-6(2)5-9-16(14,15)10-7(3-4-11)8(12)13/h6-7,9-11H,3-5H2,1-2H3,(H,12,13)/t7-/m1/s1. The van der Waals surface area contributed by atoms with Crippen LogP contribution in [0.4, 0.5) is 0 Å². The number of carboxylic acids is 1. The summed E-state index contributed by atoms with van der Waals surface area (Å²) in [5.74, 6) is -1.19. The molecule has 96 valence electrons. The van der Waals surface area contributed by atoms with Crippen molar-refractivity contribution >= 4 is 16.2 Å². The molecule has 0 aliphatic heterocycles. The minimum atomic E-state index is -3.84. The molecule has 0 rings (SSSR count). The Morgan fingerprint density at radius 2 is 1.94 bits per heavy atom. The first kappa shape index (κ1) is 15.3. The highest BCUT2D eigenvalue weighted by molar-refractivity contribution is 7.87. The van der Waals surface area contributed by atoms with Crippen LogP contribution in [0.5, 0.6) is 0 Å². The highest BCUT2D eigenvalue weighted by Crippen LogP contribution is 1.95. The Morgan fingerprint density at radius 1 is 1.38 bits per heavy atom. The summed E-state index contributed by atoms with van der Waals surface area (Å²) in [6.45, 7) is 3.47. The summed E-state index contributed by atoms with van der Waals surface area (Å²) in [4.78, 5) is 10.6. The molecule has 0 radical (unpaired) electrons. The van der Waals surface area contributed by atoms with Gasteiger partial charge in [0.1, 0.15) is 6.04 Å². The van der Waals surface area contributed by atoms with Crippen molar-refractivity contribution in [1.82, 2.24) is 9.44 Å². The van der Waals surface area contributed by atoms with E-state index in [-0.39, 0.29) is 18.9 Å². The Hall–Kier alpha value is -0.700. The van der Waals surface area contributed by atoms with E-state index in [1.54, 1.807) is 0 Å². The molecule has 0 spiro atoms. The first-order valence-corrected chi connectivity index (χ1v) is 6.37. The summed E-state index contributed by atoms with van der Waals surface area (Å²) in [6, 6.07) is -1.31. The minimum Gasteiger partial charge on any atom is -0.480 e. The molecule has 0 bridgehead atoms. The number of rotatable bonds is 8. The monoisotopic (exact) mass is 254 g/mol. The molecular weight excluding hydrogens is 236 g/mol. The van der Waals surface area contributed by atoms with Gasteiger partial charge in [-0.2, -0.15) is 13.1 Å². The average molecular weight is 254 g/mol. The topological polar surface area (TPSA) is 116 Å². The van der Waals surface area contributed by atoms with Crippen LogP contribution in [-0.2, 0) is 15.0 Å². The van der Waals surface area contributed by atoms with Gasteiger partial charge in [-0.25, -0.2) is 4.72 Å². The van der Waals surface area contributed by atoms with Gasteiger partial charge in [0.15, 0.2) is 0 Å². The number of hydrogen-bond acceptors (Lipinski definition) is 4. The van der Waals surface area contributed by atoms with E-state index in [4.69, 9.17) is 10.2 Å². The molecule has 0 aromatic rings. The first-order chi connectivity index (χ1) is 7.28. The zero-order chi connectivity index (χ0) is 12.8. The molecule has 0 saturated carbocycles. The molecule has 4 N–H and O–H groups in total. The normalized spacial score (nSPS) is 14.0. The third-order valence-electron chi connectivity index (χ3n) is 1.69. The molecule has 0 aliphatic rings. The lowest BCUT2D eigenvalue weighted by Gasteiger charge is -2.14. The number of hydrogen-bond donors (Lipinski definition) is 4. The summed E-state index contributed by atoms with van der Waals surface area (Å²) >= 11 is 0. The number of aliphatic carboxylic acids is 1. The van der Waals surface area contributed by atoms with Crippen molar-refractivity contribution in [2.24, 2.45) is 5.92 Å². The Labute approximate surface area is 95.0 Å². The van der Waals surface area contributed by atoms with E-state index in [0.717, 1.165) is 0 Å². The van der Waals surface area contributed by atoms with Gasteiger partial charge in [-0.15, -0.1) is 0 Å². The van der Waals surface area contributed by atoms with Crippen molar-refractivity contribution in [3.05, 3.63) is 0 Å². The lowest BCUT2D eigenvalue weighted by molar-refractivity contribution is -0.139.